The maximum atomic E-state index is 12.1. The van der Waals surface area contributed by atoms with Crippen LogP contribution in [0.5, 0.6) is 5.75 Å². The van der Waals surface area contributed by atoms with E-state index in [-0.39, 0.29) is 11.8 Å². The van der Waals surface area contributed by atoms with E-state index in [0.717, 1.165) is 16.9 Å². The summed E-state index contributed by atoms with van der Waals surface area (Å²) in [7, 11) is 1.61. The Morgan fingerprint density at radius 2 is 1.77 bits per heavy atom. The van der Waals surface area contributed by atoms with Gasteiger partial charge in [0.1, 0.15) is 5.75 Å². The minimum atomic E-state index is -0.0466. The zero-order chi connectivity index (χ0) is 18.9. The van der Waals surface area contributed by atoms with Crippen LogP contribution in [0.3, 0.4) is 0 Å². The topological polar surface area (TPSA) is 58.6 Å². The Labute approximate surface area is 155 Å². The van der Waals surface area contributed by atoms with Gasteiger partial charge in [-0.05, 0) is 18.6 Å². The fourth-order valence-electron chi connectivity index (χ4n) is 2.67. The molecule has 0 bridgehead atoms. The summed E-state index contributed by atoms with van der Waals surface area (Å²) in [6.07, 6.45) is 0.340. The summed E-state index contributed by atoms with van der Waals surface area (Å²) in [5.41, 5.74) is 3.09. The Bertz CT molecular complexity index is 741. The van der Waals surface area contributed by atoms with Crippen LogP contribution in [0.2, 0.25) is 0 Å². The molecule has 0 aliphatic heterocycles. The molecule has 0 radical (unpaired) electrons. The van der Waals surface area contributed by atoms with Crippen LogP contribution in [0.15, 0.2) is 48.5 Å². The van der Waals surface area contributed by atoms with Crippen molar-refractivity contribution in [3.05, 3.63) is 65.2 Å². The SMILES string of the molecule is COc1ccccc1CN(CCNC(=O)Cc1ccc(C)cc1)C(C)=O. The number of para-hydroxylation sites is 1. The van der Waals surface area contributed by atoms with Gasteiger partial charge >= 0.3 is 0 Å². The van der Waals surface area contributed by atoms with Crippen LogP contribution in [0, 0.1) is 6.92 Å². The number of rotatable bonds is 8. The summed E-state index contributed by atoms with van der Waals surface area (Å²) in [6, 6.07) is 15.5. The molecule has 0 atom stereocenters. The number of benzene rings is 2. The van der Waals surface area contributed by atoms with Crippen LogP contribution in [0.1, 0.15) is 23.6 Å². The van der Waals surface area contributed by atoms with Crippen LogP contribution < -0.4 is 10.1 Å². The lowest BCUT2D eigenvalue weighted by atomic mass is 10.1. The second-order valence-corrected chi connectivity index (χ2v) is 6.26. The summed E-state index contributed by atoms with van der Waals surface area (Å²) in [6.45, 7) is 4.87. The average Bonchev–Trinajstić information content (AvgIpc) is 2.63. The Kier molecular flexibility index (Phi) is 7.21. The van der Waals surface area contributed by atoms with Gasteiger partial charge in [-0.25, -0.2) is 0 Å². The molecular weight excluding hydrogens is 328 g/mol. The predicted octanol–water partition coefficient (Wildman–Crippen LogP) is 2.71. The minimum absolute atomic E-state index is 0.0383. The number of methoxy groups -OCH3 is 1. The van der Waals surface area contributed by atoms with Gasteiger partial charge in [-0.3, -0.25) is 9.59 Å². The molecule has 2 aromatic rings. The van der Waals surface area contributed by atoms with Crippen LogP contribution in [-0.2, 0) is 22.6 Å². The van der Waals surface area contributed by atoms with Crippen LogP contribution in [-0.4, -0.2) is 36.9 Å². The van der Waals surface area contributed by atoms with E-state index in [2.05, 4.69) is 5.32 Å². The Hall–Kier alpha value is -2.82. The van der Waals surface area contributed by atoms with Gasteiger partial charge in [-0.1, -0.05) is 48.0 Å². The van der Waals surface area contributed by atoms with Crippen molar-refractivity contribution in [3.63, 3.8) is 0 Å². The van der Waals surface area contributed by atoms with E-state index in [9.17, 15) is 9.59 Å². The first kappa shape index (κ1) is 19.5. The Morgan fingerprint density at radius 3 is 2.42 bits per heavy atom. The van der Waals surface area contributed by atoms with E-state index in [4.69, 9.17) is 4.74 Å². The lowest BCUT2D eigenvalue weighted by molar-refractivity contribution is -0.130. The van der Waals surface area contributed by atoms with E-state index >= 15 is 0 Å². The highest BCUT2D eigenvalue weighted by Crippen LogP contribution is 2.19. The molecule has 5 heteroatoms. The molecule has 26 heavy (non-hydrogen) atoms. The van der Waals surface area contributed by atoms with Crippen molar-refractivity contribution in [1.82, 2.24) is 10.2 Å². The smallest absolute Gasteiger partial charge is 0.224 e. The Morgan fingerprint density at radius 1 is 1.08 bits per heavy atom. The number of carbonyl (C=O) groups is 2. The molecule has 0 heterocycles. The molecule has 2 rings (SSSR count). The fourth-order valence-corrected chi connectivity index (χ4v) is 2.67. The minimum Gasteiger partial charge on any atom is -0.496 e. The van der Waals surface area contributed by atoms with Gasteiger partial charge in [0.25, 0.3) is 0 Å². The third-order valence-corrected chi connectivity index (χ3v) is 4.19. The summed E-state index contributed by atoms with van der Waals surface area (Å²) < 4.78 is 5.34. The number of nitrogens with zero attached hydrogens (tertiary/aromatic N) is 1. The van der Waals surface area contributed by atoms with Gasteiger partial charge in [0.15, 0.2) is 0 Å². The van der Waals surface area contributed by atoms with Crippen molar-refractivity contribution in [2.24, 2.45) is 0 Å². The highest BCUT2D eigenvalue weighted by atomic mass is 16.5. The van der Waals surface area contributed by atoms with E-state index < -0.39 is 0 Å². The van der Waals surface area contributed by atoms with Gasteiger partial charge in [-0.2, -0.15) is 0 Å². The molecule has 5 nitrogen and oxygen atoms in total. The number of ether oxygens (including phenoxy) is 1. The number of aryl methyl sites for hydroxylation is 1. The predicted molar refractivity (Wildman–Crippen MR) is 102 cm³/mol. The van der Waals surface area contributed by atoms with E-state index in [1.807, 2.05) is 55.5 Å². The number of nitrogens with one attached hydrogen (secondary N) is 1. The maximum absolute atomic E-state index is 12.1. The summed E-state index contributed by atoms with van der Waals surface area (Å²) in [4.78, 5) is 25.7. The molecule has 138 valence electrons. The molecule has 0 fully saturated rings. The van der Waals surface area contributed by atoms with Gasteiger partial charge in [-0.15, -0.1) is 0 Å². The van der Waals surface area contributed by atoms with E-state index in [1.54, 1.807) is 12.0 Å². The van der Waals surface area contributed by atoms with Gasteiger partial charge in [0.05, 0.1) is 13.5 Å². The quantitative estimate of drug-likeness (QED) is 0.793. The first-order valence-electron chi connectivity index (χ1n) is 8.69. The number of hydrogen-bond acceptors (Lipinski definition) is 3. The standard InChI is InChI=1S/C21H26N2O3/c1-16-8-10-18(11-9-16)14-21(25)22-12-13-23(17(2)24)15-19-6-4-5-7-20(19)26-3/h4-11H,12-15H2,1-3H3,(H,22,25). The van der Waals surface area contributed by atoms with E-state index in [1.165, 1.54) is 12.5 Å². The normalized spacial score (nSPS) is 10.3. The average molecular weight is 354 g/mol. The molecule has 0 aliphatic carbocycles. The van der Waals surface area contributed by atoms with Crippen LogP contribution in [0.25, 0.3) is 0 Å². The number of amides is 2. The summed E-state index contributed by atoms with van der Waals surface area (Å²) >= 11 is 0. The molecule has 0 aromatic heterocycles. The largest absolute Gasteiger partial charge is 0.496 e. The molecule has 0 saturated heterocycles. The molecular formula is C21H26N2O3. The second-order valence-electron chi connectivity index (χ2n) is 6.26. The molecule has 2 aromatic carbocycles. The first-order chi connectivity index (χ1) is 12.5. The monoisotopic (exact) mass is 354 g/mol. The van der Waals surface area contributed by atoms with Crippen molar-refractivity contribution in [3.8, 4) is 5.75 Å². The molecule has 0 aliphatic rings. The van der Waals surface area contributed by atoms with Crippen molar-refractivity contribution >= 4 is 11.8 Å². The summed E-state index contributed by atoms with van der Waals surface area (Å²) in [5.74, 6) is 0.667. The van der Waals surface area contributed by atoms with Crippen molar-refractivity contribution in [1.29, 1.82) is 0 Å². The number of carbonyl (C=O) groups excluding carboxylic acids is 2. The second kappa shape index (κ2) is 9.61. The molecule has 2 amide bonds. The van der Waals surface area contributed by atoms with E-state index in [0.29, 0.717) is 26.1 Å². The van der Waals surface area contributed by atoms with Crippen LogP contribution >= 0.6 is 0 Å². The van der Waals surface area contributed by atoms with Gasteiger partial charge in [0.2, 0.25) is 11.8 Å². The zero-order valence-corrected chi connectivity index (χ0v) is 15.6. The molecule has 0 unspecified atom stereocenters. The Balaban J connectivity index is 1.85. The molecule has 0 saturated carbocycles. The zero-order valence-electron chi connectivity index (χ0n) is 15.6. The van der Waals surface area contributed by atoms with Crippen molar-refractivity contribution < 1.29 is 14.3 Å². The van der Waals surface area contributed by atoms with Crippen molar-refractivity contribution in [2.45, 2.75) is 26.8 Å². The number of hydrogen-bond donors (Lipinski definition) is 1. The third-order valence-electron chi connectivity index (χ3n) is 4.19. The lowest BCUT2D eigenvalue weighted by Gasteiger charge is -2.22. The van der Waals surface area contributed by atoms with Gasteiger partial charge < -0.3 is 15.0 Å². The fraction of sp³-hybridized carbons (Fsp3) is 0.333. The molecule has 0 spiro atoms. The highest BCUT2D eigenvalue weighted by Gasteiger charge is 2.12. The molecule has 1 N–H and O–H groups in total. The van der Waals surface area contributed by atoms with Crippen molar-refractivity contribution in [2.75, 3.05) is 20.2 Å². The first-order valence-corrected chi connectivity index (χ1v) is 8.69. The van der Waals surface area contributed by atoms with Crippen LogP contribution in [0.4, 0.5) is 0 Å². The third kappa shape index (κ3) is 5.92. The van der Waals surface area contributed by atoms with Gasteiger partial charge in [0, 0.05) is 32.1 Å². The summed E-state index contributed by atoms with van der Waals surface area (Å²) in [5, 5.41) is 2.88. The highest BCUT2D eigenvalue weighted by molar-refractivity contribution is 5.78. The maximum Gasteiger partial charge on any atom is 0.224 e. The lowest BCUT2D eigenvalue weighted by Crippen LogP contribution is -2.37.